The Morgan fingerprint density at radius 2 is 1.85 bits per heavy atom. The molecule has 4 rings (SSSR count). The van der Waals surface area contributed by atoms with Crippen molar-refractivity contribution in [2.45, 2.75) is 32.0 Å². The second kappa shape index (κ2) is 9.79. The van der Waals surface area contributed by atoms with E-state index in [9.17, 15) is 18.4 Å². The van der Waals surface area contributed by atoms with E-state index in [0.29, 0.717) is 34.9 Å². The van der Waals surface area contributed by atoms with Crippen molar-refractivity contribution in [1.29, 1.82) is 0 Å². The van der Waals surface area contributed by atoms with Crippen molar-refractivity contribution >= 4 is 29.1 Å². The number of alkyl halides is 2. The maximum atomic E-state index is 12.5. The molecule has 0 aliphatic carbocycles. The molecule has 0 spiro atoms. The minimum atomic E-state index is -2.88. The number of nitrogens with two attached hydrogens (primary N) is 2. The molecule has 2 heterocycles. The minimum Gasteiger partial charge on any atom is -0.435 e. The standard InChI is InChI=1S/C23H22F2N6O3/c24-22(25)34-17-5-2-13(3-6-17)15-11-28-23(29-12-15)30-16-4-1-14(10-26)19(9-16)31-18(21(27)33)7-8-20(31)32/h1-6,9,11-12,18,22H,7-8,10,26H2,(H2,27,33)(H,28,29,30)/t18-/m1/s1. The Bertz CT molecular complexity index is 1190. The highest BCUT2D eigenvalue weighted by atomic mass is 19.3. The zero-order valence-corrected chi connectivity index (χ0v) is 17.9. The summed E-state index contributed by atoms with van der Waals surface area (Å²) in [4.78, 5) is 34.3. The Hall–Kier alpha value is -4.12. The van der Waals surface area contributed by atoms with Crippen LogP contribution in [0.15, 0.2) is 54.9 Å². The quantitative estimate of drug-likeness (QED) is 0.462. The van der Waals surface area contributed by atoms with E-state index in [1.807, 2.05) is 0 Å². The average molecular weight is 468 g/mol. The summed E-state index contributed by atoms with van der Waals surface area (Å²) in [5.74, 6) is -0.405. The van der Waals surface area contributed by atoms with Gasteiger partial charge in [-0.2, -0.15) is 8.78 Å². The van der Waals surface area contributed by atoms with Crippen LogP contribution in [-0.4, -0.2) is 34.4 Å². The molecular weight excluding hydrogens is 446 g/mol. The van der Waals surface area contributed by atoms with Gasteiger partial charge in [0.15, 0.2) is 0 Å². The number of carbonyl (C=O) groups is 2. The maximum absolute atomic E-state index is 12.5. The first-order valence-corrected chi connectivity index (χ1v) is 10.4. The van der Waals surface area contributed by atoms with Crippen molar-refractivity contribution in [2.24, 2.45) is 11.5 Å². The summed E-state index contributed by atoms with van der Waals surface area (Å²) < 4.78 is 28.9. The van der Waals surface area contributed by atoms with Crippen LogP contribution in [0.25, 0.3) is 11.1 Å². The van der Waals surface area contributed by atoms with Crippen molar-refractivity contribution in [2.75, 3.05) is 10.2 Å². The van der Waals surface area contributed by atoms with Crippen LogP contribution >= 0.6 is 0 Å². The van der Waals surface area contributed by atoms with Crippen molar-refractivity contribution in [1.82, 2.24) is 9.97 Å². The summed E-state index contributed by atoms with van der Waals surface area (Å²) in [5.41, 5.74) is 14.6. The molecule has 0 bridgehead atoms. The summed E-state index contributed by atoms with van der Waals surface area (Å²) in [6.45, 7) is -2.71. The van der Waals surface area contributed by atoms with Crippen LogP contribution in [0.3, 0.4) is 0 Å². The van der Waals surface area contributed by atoms with Gasteiger partial charge in [-0.05, 0) is 41.8 Å². The number of benzene rings is 2. The Morgan fingerprint density at radius 3 is 2.47 bits per heavy atom. The summed E-state index contributed by atoms with van der Waals surface area (Å²) >= 11 is 0. The van der Waals surface area contributed by atoms with Gasteiger partial charge in [-0.1, -0.05) is 18.2 Å². The van der Waals surface area contributed by atoms with Crippen molar-refractivity contribution < 1.29 is 23.1 Å². The van der Waals surface area contributed by atoms with Gasteiger partial charge >= 0.3 is 6.61 Å². The van der Waals surface area contributed by atoms with Crippen LogP contribution < -0.4 is 26.4 Å². The van der Waals surface area contributed by atoms with Crippen LogP contribution in [0.2, 0.25) is 0 Å². The molecule has 2 aromatic carbocycles. The Balaban J connectivity index is 1.53. The first-order chi connectivity index (χ1) is 16.4. The molecule has 9 nitrogen and oxygen atoms in total. The lowest BCUT2D eigenvalue weighted by atomic mass is 10.1. The number of amides is 2. The summed E-state index contributed by atoms with van der Waals surface area (Å²) in [5, 5.41) is 3.07. The van der Waals surface area contributed by atoms with Gasteiger partial charge in [-0.15, -0.1) is 0 Å². The number of primary amides is 1. The monoisotopic (exact) mass is 468 g/mol. The van der Waals surface area contributed by atoms with Gasteiger partial charge in [0.25, 0.3) is 0 Å². The highest BCUT2D eigenvalue weighted by Crippen LogP contribution is 2.32. The second-order valence-corrected chi connectivity index (χ2v) is 7.59. The van der Waals surface area contributed by atoms with Gasteiger partial charge in [0, 0.05) is 36.6 Å². The molecule has 1 aliphatic rings. The third kappa shape index (κ3) is 4.94. The molecule has 3 aromatic rings. The molecule has 2 amide bonds. The third-order valence-electron chi connectivity index (χ3n) is 5.43. The van der Waals surface area contributed by atoms with Crippen molar-refractivity contribution in [3.63, 3.8) is 0 Å². The Kier molecular flexibility index (Phi) is 6.64. The molecule has 5 N–H and O–H groups in total. The number of hydrogen-bond donors (Lipinski definition) is 3. The first kappa shape index (κ1) is 23.1. The fourth-order valence-electron chi connectivity index (χ4n) is 3.79. The smallest absolute Gasteiger partial charge is 0.387 e. The van der Waals surface area contributed by atoms with Crippen molar-refractivity contribution in [3.05, 3.63) is 60.4 Å². The lowest BCUT2D eigenvalue weighted by molar-refractivity contribution is -0.121. The summed E-state index contributed by atoms with van der Waals surface area (Å²) in [7, 11) is 0. The largest absolute Gasteiger partial charge is 0.435 e. The molecule has 11 heteroatoms. The topological polar surface area (TPSA) is 136 Å². The zero-order valence-electron chi connectivity index (χ0n) is 17.9. The highest BCUT2D eigenvalue weighted by Gasteiger charge is 2.36. The Morgan fingerprint density at radius 1 is 1.15 bits per heavy atom. The average Bonchev–Trinajstić information content (AvgIpc) is 3.21. The predicted molar refractivity (Wildman–Crippen MR) is 121 cm³/mol. The Labute approximate surface area is 193 Å². The van der Waals surface area contributed by atoms with E-state index >= 15 is 0 Å². The van der Waals surface area contributed by atoms with E-state index in [4.69, 9.17) is 11.5 Å². The van der Waals surface area contributed by atoms with Gasteiger partial charge in [0.05, 0.1) is 5.69 Å². The van der Waals surface area contributed by atoms with E-state index in [2.05, 4.69) is 20.0 Å². The lowest BCUT2D eigenvalue weighted by Gasteiger charge is -2.25. The lowest BCUT2D eigenvalue weighted by Crippen LogP contribution is -2.42. The number of anilines is 3. The molecular formula is C23H22F2N6O3. The van der Waals surface area contributed by atoms with Crippen molar-refractivity contribution in [3.8, 4) is 16.9 Å². The van der Waals surface area contributed by atoms with Gasteiger partial charge in [0.1, 0.15) is 11.8 Å². The number of ether oxygens (including phenoxy) is 1. The van der Waals surface area contributed by atoms with Gasteiger partial charge in [0.2, 0.25) is 17.8 Å². The number of aromatic nitrogens is 2. The van der Waals surface area contributed by atoms with Gasteiger partial charge in [-0.3, -0.25) is 14.5 Å². The minimum absolute atomic E-state index is 0.0599. The second-order valence-electron chi connectivity index (χ2n) is 7.59. The van der Waals surface area contributed by atoms with Gasteiger partial charge < -0.3 is 21.5 Å². The van der Waals surface area contributed by atoms with E-state index < -0.39 is 18.6 Å². The van der Waals surface area contributed by atoms with Crippen LogP contribution in [-0.2, 0) is 16.1 Å². The van der Waals surface area contributed by atoms with E-state index in [1.165, 1.54) is 17.0 Å². The molecule has 1 saturated heterocycles. The number of halogens is 2. The van der Waals surface area contributed by atoms with Crippen LogP contribution in [0.5, 0.6) is 5.75 Å². The predicted octanol–water partition coefficient (Wildman–Crippen LogP) is 2.93. The molecule has 1 atom stereocenters. The molecule has 0 unspecified atom stereocenters. The van der Waals surface area contributed by atoms with Crippen LogP contribution in [0.4, 0.5) is 26.1 Å². The molecule has 0 saturated carbocycles. The molecule has 1 aromatic heterocycles. The summed E-state index contributed by atoms with van der Waals surface area (Å²) in [6.07, 6.45) is 3.76. The molecule has 0 radical (unpaired) electrons. The van der Waals surface area contributed by atoms with Crippen LogP contribution in [0.1, 0.15) is 18.4 Å². The number of hydrogen-bond acceptors (Lipinski definition) is 7. The first-order valence-electron chi connectivity index (χ1n) is 10.4. The summed E-state index contributed by atoms with van der Waals surface area (Å²) in [6, 6.07) is 10.7. The number of nitrogens with one attached hydrogen (secondary N) is 1. The zero-order chi connectivity index (χ0) is 24.2. The number of carbonyl (C=O) groups excluding carboxylic acids is 2. The SMILES string of the molecule is NCc1ccc(Nc2ncc(-c3ccc(OC(F)F)cc3)cn2)cc1N1C(=O)CC[C@@H]1C(N)=O. The molecule has 1 aliphatic heterocycles. The molecule has 1 fully saturated rings. The third-order valence-corrected chi connectivity index (χ3v) is 5.43. The fourth-order valence-corrected chi connectivity index (χ4v) is 3.79. The van der Waals surface area contributed by atoms with E-state index in [-0.39, 0.29) is 24.6 Å². The molecule has 34 heavy (non-hydrogen) atoms. The normalized spacial score (nSPS) is 15.6. The highest BCUT2D eigenvalue weighted by molar-refractivity contribution is 6.04. The van der Waals surface area contributed by atoms with Gasteiger partial charge in [-0.25, -0.2) is 9.97 Å². The maximum Gasteiger partial charge on any atom is 0.387 e. The van der Waals surface area contributed by atoms with Crippen LogP contribution in [0, 0.1) is 0 Å². The molecule has 176 valence electrons. The van der Waals surface area contributed by atoms with E-state index in [0.717, 1.165) is 5.56 Å². The fraction of sp³-hybridized carbons (Fsp3) is 0.217. The number of nitrogens with zero attached hydrogens (tertiary/aromatic N) is 3. The number of rotatable bonds is 8. The van der Waals surface area contributed by atoms with E-state index in [1.54, 1.807) is 42.7 Å².